The second-order valence-corrected chi connectivity index (χ2v) is 6.55. The summed E-state index contributed by atoms with van der Waals surface area (Å²) >= 11 is 0. The fourth-order valence-corrected chi connectivity index (χ4v) is 3.45. The molecule has 0 aromatic carbocycles. The van der Waals surface area contributed by atoms with Gasteiger partial charge >= 0.3 is 11.7 Å². The maximum absolute atomic E-state index is 12.3. The van der Waals surface area contributed by atoms with E-state index in [4.69, 9.17) is 10.3 Å². The Labute approximate surface area is 112 Å². The van der Waals surface area contributed by atoms with E-state index in [0.29, 0.717) is 12.8 Å². The fraction of sp³-hybridized carbons (Fsp3) is 0.786. The van der Waals surface area contributed by atoms with E-state index in [1.165, 1.54) is 0 Å². The smallest absolute Gasteiger partial charge is 0.338 e. The van der Waals surface area contributed by atoms with Crippen LogP contribution in [0.15, 0.2) is 0 Å². The van der Waals surface area contributed by atoms with E-state index in [9.17, 15) is 9.59 Å². The predicted molar refractivity (Wildman–Crippen MR) is 68.4 cm³/mol. The van der Waals surface area contributed by atoms with Crippen molar-refractivity contribution >= 4 is 17.5 Å². The van der Waals surface area contributed by atoms with Crippen molar-refractivity contribution in [3.8, 4) is 0 Å². The molecule has 104 valence electrons. The van der Waals surface area contributed by atoms with Crippen LogP contribution in [0.3, 0.4) is 0 Å². The third-order valence-corrected chi connectivity index (χ3v) is 4.34. The number of carbonyl (C=O) groups excluding carboxylic acids is 2. The normalized spacial score (nSPS) is 34.1. The van der Waals surface area contributed by atoms with Gasteiger partial charge in [0.25, 0.3) is 0 Å². The quantitative estimate of drug-likeness (QED) is 0.413. The van der Waals surface area contributed by atoms with Crippen molar-refractivity contribution in [3.63, 3.8) is 0 Å². The van der Waals surface area contributed by atoms with E-state index in [2.05, 4.69) is 4.79 Å². The summed E-state index contributed by atoms with van der Waals surface area (Å²) in [4.78, 5) is 27.5. The van der Waals surface area contributed by atoms with E-state index in [1.54, 1.807) is 0 Å². The minimum absolute atomic E-state index is 0.176. The molecule has 0 heterocycles. The topological polar surface area (TPSA) is 79.8 Å². The number of carbonyl (C=O) groups is 2. The average molecular weight is 264 g/mol. The van der Waals surface area contributed by atoms with Gasteiger partial charge in [-0.1, -0.05) is 13.3 Å². The van der Waals surface area contributed by atoms with Crippen molar-refractivity contribution in [1.82, 2.24) is 0 Å². The molecule has 5 nitrogen and oxygen atoms in total. The van der Waals surface area contributed by atoms with Gasteiger partial charge in [-0.25, -0.2) is 0 Å². The summed E-state index contributed by atoms with van der Waals surface area (Å²) in [7, 11) is 0. The van der Waals surface area contributed by atoms with Crippen LogP contribution in [0.25, 0.3) is 5.53 Å². The van der Waals surface area contributed by atoms with Gasteiger partial charge in [0.05, 0.1) is 17.3 Å². The highest BCUT2D eigenvalue weighted by Crippen LogP contribution is 2.56. The summed E-state index contributed by atoms with van der Waals surface area (Å²) in [6.07, 6.45) is 2.18. The number of hydrogen-bond acceptors (Lipinski definition) is 3. The molecular weight excluding hydrogens is 244 g/mol. The molecule has 3 unspecified atom stereocenters. The Morgan fingerprint density at radius 1 is 1.47 bits per heavy atom. The lowest BCUT2D eigenvalue weighted by molar-refractivity contribution is -0.170. The van der Waals surface area contributed by atoms with Crippen LogP contribution >= 0.6 is 0 Å². The molecule has 2 fully saturated rings. The molecule has 2 aliphatic carbocycles. The second-order valence-electron chi connectivity index (χ2n) is 6.55. The van der Waals surface area contributed by atoms with Gasteiger partial charge in [0.15, 0.2) is 0 Å². The van der Waals surface area contributed by atoms with Crippen molar-refractivity contribution in [2.24, 2.45) is 17.3 Å². The number of ether oxygens (including phenoxy) is 1. The van der Waals surface area contributed by atoms with Gasteiger partial charge in [0, 0.05) is 0 Å². The predicted octanol–water partition coefficient (Wildman–Crippen LogP) is 2.00. The van der Waals surface area contributed by atoms with Crippen LogP contribution in [0.2, 0.25) is 0 Å². The molecule has 0 radical (unpaired) electrons. The first-order valence-electron chi connectivity index (χ1n) is 6.73. The van der Waals surface area contributed by atoms with E-state index < -0.39 is 16.9 Å². The SMILES string of the molecule is CC1C(=[N+]=[N-])C(=O)C12CCCC2C(=O)OC(C)(C)C. The number of ketones is 1. The monoisotopic (exact) mass is 264 g/mol. The van der Waals surface area contributed by atoms with Crippen LogP contribution in [0.5, 0.6) is 0 Å². The zero-order chi connectivity index (χ0) is 14.4. The maximum Gasteiger partial charge on any atom is 0.338 e. The maximum atomic E-state index is 12.3. The Bertz CT molecular complexity index is 485. The lowest BCUT2D eigenvalue weighted by Gasteiger charge is -2.42. The molecule has 0 aliphatic heterocycles. The molecule has 5 heteroatoms. The van der Waals surface area contributed by atoms with E-state index in [0.717, 1.165) is 6.42 Å². The van der Waals surface area contributed by atoms with Crippen LogP contribution in [-0.2, 0) is 14.3 Å². The van der Waals surface area contributed by atoms with Crippen molar-refractivity contribution in [2.75, 3.05) is 0 Å². The van der Waals surface area contributed by atoms with E-state index in [1.807, 2.05) is 27.7 Å². The van der Waals surface area contributed by atoms with Crippen LogP contribution in [0.4, 0.5) is 0 Å². The molecule has 0 aromatic rings. The number of rotatable bonds is 1. The van der Waals surface area contributed by atoms with Gasteiger partial charge < -0.3 is 10.3 Å². The molecule has 2 rings (SSSR count). The zero-order valence-electron chi connectivity index (χ0n) is 11.9. The Kier molecular flexibility index (Phi) is 3.13. The molecule has 0 bridgehead atoms. The third kappa shape index (κ3) is 1.93. The van der Waals surface area contributed by atoms with Gasteiger partial charge in [-0.05, 0) is 33.6 Å². The van der Waals surface area contributed by atoms with Crippen LogP contribution < -0.4 is 0 Å². The summed E-state index contributed by atoms with van der Waals surface area (Å²) in [6, 6.07) is 0. The number of esters is 1. The Balaban J connectivity index is 2.26. The average Bonchev–Trinajstić information content (AvgIpc) is 2.74. The molecule has 2 aliphatic rings. The Morgan fingerprint density at radius 3 is 2.58 bits per heavy atom. The molecule has 1 spiro atoms. The first-order valence-corrected chi connectivity index (χ1v) is 6.73. The number of nitrogens with zero attached hydrogens (tertiary/aromatic N) is 2. The van der Waals surface area contributed by atoms with Crippen LogP contribution in [0.1, 0.15) is 47.0 Å². The van der Waals surface area contributed by atoms with Crippen LogP contribution in [0, 0.1) is 17.3 Å². The fourth-order valence-electron chi connectivity index (χ4n) is 3.45. The number of Topliss-reactive ketones (excluding diaryl/α,β-unsaturated/α-hetero) is 1. The third-order valence-electron chi connectivity index (χ3n) is 4.34. The van der Waals surface area contributed by atoms with Crippen molar-refractivity contribution < 1.29 is 19.1 Å². The first-order chi connectivity index (χ1) is 8.74. The summed E-state index contributed by atoms with van der Waals surface area (Å²) < 4.78 is 5.42. The highest BCUT2D eigenvalue weighted by atomic mass is 16.6. The van der Waals surface area contributed by atoms with Crippen LogP contribution in [-0.4, -0.2) is 27.9 Å². The van der Waals surface area contributed by atoms with E-state index >= 15 is 0 Å². The summed E-state index contributed by atoms with van der Waals surface area (Å²) in [5.41, 5.74) is 7.78. The molecule has 0 amide bonds. The molecule has 2 saturated carbocycles. The van der Waals surface area contributed by atoms with Gasteiger partial charge in [-0.3, -0.25) is 9.59 Å². The zero-order valence-corrected chi connectivity index (χ0v) is 11.9. The summed E-state index contributed by atoms with van der Waals surface area (Å²) in [6.45, 7) is 7.30. The minimum Gasteiger partial charge on any atom is -0.460 e. The lowest BCUT2D eigenvalue weighted by atomic mass is 9.53. The molecule has 0 N–H and O–H groups in total. The lowest BCUT2D eigenvalue weighted by Crippen LogP contribution is -2.61. The van der Waals surface area contributed by atoms with E-state index in [-0.39, 0.29) is 23.4 Å². The van der Waals surface area contributed by atoms with Crippen molar-refractivity contribution in [1.29, 1.82) is 0 Å². The number of hydrogen-bond donors (Lipinski definition) is 0. The largest absolute Gasteiger partial charge is 0.460 e. The Morgan fingerprint density at radius 2 is 2.11 bits per heavy atom. The highest BCUT2D eigenvalue weighted by Gasteiger charge is 2.70. The van der Waals surface area contributed by atoms with Gasteiger partial charge in [-0.2, -0.15) is 4.79 Å². The highest BCUT2D eigenvalue weighted by molar-refractivity contribution is 6.48. The molecular formula is C14H20N2O3. The summed E-state index contributed by atoms with van der Waals surface area (Å²) in [5.74, 6) is -1.07. The molecule has 0 saturated heterocycles. The summed E-state index contributed by atoms with van der Waals surface area (Å²) in [5, 5.41) is 0. The first kappa shape index (κ1) is 13.9. The molecule has 0 aromatic heterocycles. The second kappa shape index (κ2) is 4.27. The van der Waals surface area contributed by atoms with Gasteiger partial charge in [0.2, 0.25) is 5.78 Å². The van der Waals surface area contributed by atoms with Crippen molar-refractivity contribution in [2.45, 2.75) is 52.6 Å². The Hall–Kier alpha value is -1.48. The minimum atomic E-state index is -0.691. The molecule has 19 heavy (non-hydrogen) atoms. The van der Waals surface area contributed by atoms with Gasteiger partial charge in [0.1, 0.15) is 5.60 Å². The van der Waals surface area contributed by atoms with Gasteiger partial charge in [-0.15, -0.1) is 0 Å². The standard InChI is InChI=1S/C14H20N2O3/c1-8-10(16-15)11(17)14(8)7-5-6-9(14)12(18)19-13(2,3)4/h8-9H,5-7H2,1-4H3. The van der Waals surface area contributed by atoms with Crippen molar-refractivity contribution in [3.05, 3.63) is 5.53 Å². The molecule has 3 atom stereocenters.